The number of rotatable bonds is 5. The lowest BCUT2D eigenvalue weighted by Gasteiger charge is -2.21. The number of nitrogen functional groups attached to an aromatic ring is 1. The fourth-order valence-electron chi connectivity index (χ4n) is 7.51. The molecule has 0 saturated carbocycles. The van der Waals surface area contributed by atoms with Gasteiger partial charge in [-0.2, -0.15) is 0 Å². The Morgan fingerprint density at radius 3 is 1.69 bits per heavy atom. The first kappa shape index (κ1) is 32.4. The molecule has 8 aromatic rings. The highest BCUT2D eigenvalue weighted by Gasteiger charge is 2.24. The van der Waals surface area contributed by atoms with Crippen LogP contribution in [0.15, 0.2) is 121 Å². The van der Waals surface area contributed by atoms with E-state index in [2.05, 4.69) is 155 Å². The Morgan fingerprint density at radius 1 is 0.592 bits per heavy atom. The Bertz CT molecular complexity index is 2470. The summed E-state index contributed by atoms with van der Waals surface area (Å²) in [6, 6.07) is 42.2. The number of benzene rings is 7. The van der Waals surface area contributed by atoms with Gasteiger partial charge < -0.3 is 5.73 Å². The van der Waals surface area contributed by atoms with Crippen LogP contribution in [-0.2, 0) is 6.42 Å². The Hall–Kier alpha value is -5.18. The number of hydrogen-bond acceptors (Lipinski definition) is 2. The molecular formula is C47H43NS. The molecule has 1 heterocycles. The Labute approximate surface area is 294 Å². The summed E-state index contributed by atoms with van der Waals surface area (Å²) < 4.78 is 1.29. The highest BCUT2D eigenvalue weighted by atomic mass is 32.1. The predicted octanol–water partition coefficient (Wildman–Crippen LogP) is 14.2. The standard InChI is InChI=1S/C45H37NS.C2H6/c1-5-14-38-39(6-2)47-45-40(38)27(3)28(4)44(46)43(45)42-36-19-12-10-17-34(36)41(35-18-11-13-20-37(35)42)33-24-23-31-25-30(21-22-32(31)26-33)29-15-8-7-9-16-29;1-2/h5,7-26H,6,46H2,1-4H3;1-2H3/b14-5-;. The number of anilines is 1. The number of hydrogen-bond donors (Lipinski definition) is 1. The van der Waals surface area contributed by atoms with Crippen LogP contribution in [-0.4, -0.2) is 0 Å². The minimum Gasteiger partial charge on any atom is -0.398 e. The summed E-state index contributed by atoms with van der Waals surface area (Å²) >= 11 is 1.91. The van der Waals surface area contributed by atoms with Gasteiger partial charge in [0, 0.05) is 31.8 Å². The van der Waals surface area contributed by atoms with Crippen molar-refractivity contribution in [1.29, 1.82) is 0 Å². The third kappa shape index (κ3) is 5.32. The van der Waals surface area contributed by atoms with E-state index in [0.717, 1.165) is 12.1 Å². The molecule has 0 aliphatic rings. The first-order chi connectivity index (χ1) is 24.0. The lowest BCUT2D eigenvalue weighted by Crippen LogP contribution is -1.99. The molecule has 0 aliphatic carbocycles. The summed E-state index contributed by atoms with van der Waals surface area (Å²) in [6.45, 7) is 12.8. The van der Waals surface area contributed by atoms with Crippen molar-refractivity contribution in [2.75, 3.05) is 5.73 Å². The SMILES string of the molecule is C/C=C\c1c(CC)sc2c(-c3c4ccccc4c(-c4ccc5cc(-c6ccccc6)ccc5c4)c4ccccc34)c(N)c(C)c(C)c12.CC. The summed E-state index contributed by atoms with van der Waals surface area (Å²) in [5.74, 6) is 0. The van der Waals surface area contributed by atoms with Gasteiger partial charge in [0.1, 0.15) is 0 Å². The van der Waals surface area contributed by atoms with E-state index < -0.39 is 0 Å². The van der Waals surface area contributed by atoms with Gasteiger partial charge in [-0.15, -0.1) is 11.3 Å². The van der Waals surface area contributed by atoms with Gasteiger partial charge in [0.15, 0.2) is 0 Å². The van der Waals surface area contributed by atoms with Gasteiger partial charge in [0.05, 0.1) is 0 Å². The fraction of sp³-hybridized carbons (Fsp3) is 0.149. The van der Waals surface area contributed by atoms with Crippen LogP contribution in [0.4, 0.5) is 5.69 Å². The summed E-state index contributed by atoms with van der Waals surface area (Å²) in [7, 11) is 0. The topological polar surface area (TPSA) is 26.0 Å². The van der Waals surface area contributed by atoms with Crippen molar-refractivity contribution >= 4 is 65.5 Å². The van der Waals surface area contributed by atoms with Crippen LogP contribution in [0.1, 0.15) is 49.3 Å². The molecule has 1 nitrogen and oxygen atoms in total. The molecule has 0 radical (unpaired) electrons. The highest BCUT2D eigenvalue weighted by Crippen LogP contribution is 2.51. The number of thiophene rings is 1. The lowest BCUT2D eigenvalue weighted by atomic mass is 9.83. The van der Waals surface area contributed by atoms with E-state index in [4.69, 9.17) is 5.73 Å². The second-order valence-corrected chi connectivity index (χ2v) is 13.6. The zero-order valence-electron chi connectivity index (χ0n) is 29.3. The van der Waals surface area contributed by atoms with Crippen molar-refractivity contribution in [1.82, 2.24) is 0 Å². The third-order valence-electron chi connectivity index (χ3n) is 9.93. The quantitative estimate of drug-likeness (QED) is 0.145. The van der Waals surface area contributed by atoms with Crippen LogP contribution < -0.4 is 5.73 Å². The molecule has 49 heavy (non-hydrogen) atoms. The van der Waals surface area contributed by atoms with Crippen molar-refractivity contribution < 1.29 is 0 Å². The molecule has 242 valence electrons. The van der Waals surface area contributed by atoms with E-state index in [1.165, 1.54) is 97.4 Å². The third-order valence-corrected chi connectivity index (χ3v) is 11.3. The summed E-state index contributed by atoms with van der Waals surface area (Å²) in [6.07, 6.45) is 5.44. The van der Waals surface area contributed by atoms with Crippen molar-refractivity contribution in [3.63, 3.8) is 0 Å². The molecule has 0 bridgehead atoms. The lowest BCUT2D eigenvalue weighted by molar-refractivity contribution is 1.18. The zero-order valence-corrected chi connectivity index (χ0v) is 30.1. The normalized spacial score (nSPS) is 11.6. The molecular weight excluding hydrogens is 611 g/mol. The first-order valence-electron chi connectivity index (χ1n) is 17.5. The van der Waals surface area contributed by atoms with Crippen LogP contribution in [0.2, 0.25) is 0 Å². The van der Waals surface area contributed by atoms with E-state index in [1.54, 1.807) is 0 Å². The molecule has 0 spiro atoms. The van der Waals surface area contributed by atoms with E-state index in [0.29, 0.717) is 0 Å². The van der Waals surface area contributed by atoms with Crippen LogP contribution in [0.3, 0.4) is 0 Å². The zero-order chi connectivity index (χ0) is 34.2. The predicted molar refractivity (Wildman–Crippen MR) is 220 cm³/mol. The molecule has 0 unspecified atom stereocenters. The summed E-state index contributed by atoms with van der Waals surface area (Å²) in [5.41, 5.74) is 19.2. The molecule has 2 heteroatoms. The first-order valence-corrected chi connectivity index (χ1v) is 18.3. The van der Waals surface area contributed by atoms with Crippen LogP contribution in [0, 0.1) is 13.8 Å². The molecule has 7 aromatic carbocycles. The largest absolute Gasteiger partial charge is 0.398 e. The van der Waals surface area contributed by atoms with Crippen molar-refractivity contribution in [2.24, 2.45) is 0 Å². The van der Waals surface area contributed by atoms with Crippen molar-refractivity contribution in [3.8, 4) is 33.4 Å². The van der Waals surface area contributed by atoms with Crippen LogP contribution >= 0.6 is 11.3 Å². The average Bonchev–Trinajstić information content (AvgIpc) is 3.52. The van der Waals surface area contributed by atoms with E-state index >= 15 is 0 Å². The van der Waals surface area contributed by atoms with Gasteiger partial charge in [-0.1, -0.05) is 136 Å². The number of allylic oxidation sites excluding steroid dienone is 1. The highest BCUT2D eigenvalue weighted by molar-refractivity contribution is 7.20. The maximum atomic E-state index is 7.19. The molecule has 0 aliphatic heterocycles. The maximum absolute atomic E-state index is 7.19. The number of fused-ring (bicyclic) bond motifs is 4. The van der Waals surface area contributed by atoms with E-state index in [9.17, 15) is 0 Å². The molecule has 0 atom stereocenters. The van der Waals surface area contributed by atoms with Crippen molar-refractivity contribution in [2.45, 2.75) is 48.0 Å². The smallest absolute Gasteiger partial charge is 0.0454 e. The minimum atomic E-state index is 0.883. The monoisotopic (exact) mass is 653 g/mol. The number of aryl methyl sites for hydroxylation is 2. The fourth-order valence-corrected chi connectivity index (χ4v) is 8.86. The van der Waals surface area contributed by atoms with Gasteiger partial charge in [0.25, 0.3) is 0 Å². The Balaban J connectivity index is 0.00000186. The number of nitrogens with two attached hydrogens (primary N) is 1. The molecule has 0 fully saturated rings. The van der Waals surface area contributed by atoms with Crippen LogP contribution in [0.5, 0.6) is 0 Å². The van der Waals surface area contributed by atoms with Gasteiger partial charge in [-0.3, -0.25) is 0 Å². The molecule has 1 aromatic heterocycles. The van der Waals surface area contributed by atoms with Crippen LogP contribution in [0.25, 0.3) is 81.9 Å². The van der Waals surface area contributed by atoms with Gasteiger partial charge in [-0.05, 0) is 111 Å². The Kier molecular flexibility index (Phi) is 8.84. The Morgan fingerprint density at radius 2 is 1.12 bits per heavy atom. The molecule has 0 amide bonds. The van der Waals surface area contributed by atoms with E-state index in [1.807, 2.05) is 25.2 Å². The summed E-state index contributed by atoms with van der Waals surface area (Å²) in [4.78, 5) is 1.41. The second kappa shape index (κ2) is 13.4. The van der Waals surface area contributed by atoms with Gasteiger partial charge in [0.2, 0.25) is 0 Å². The second-order valence-electron chi connectivity index (χ2n) is 12.5. The molecule has 8 rings (SSSR count). The van der Waals surface area contributed by atoms with Gasteiger partial charge >= 0.3 is 0 Å². The maximum Gasteiger partial charge on any atom is 0.0454 e. The van der Waals surface area contributed by atoms with E-state index in [-0.39, 0.29) is 0 Å². The molecule has 0 saturated heterocycles. The van der Waals surface area contributed by atoms with Gasteiger partial charge in [-0.25, -0.2) is 0 Å². The average molecular weight is 654 g/mol. The molecule has 2 N–H and O–H groups in total. The minimum absolute atomic E-state index is 0.883. The van der Waals surface area contributed by atoms with Crippen molar-refractivity contribution in [3.05, 3.63) is 143 Å². The summed E-state index contributed by atoms with van der Waals surface area (Å²) in [5, 5.41) is 8.77.